The Morgan fingerprint density at radius 1 is 1.15 bits per heavy atom. The van der Waals surface area contributed by atoms with Crippen molar-refractivity contribution in [2.24, 2.45) is 4.99 Å². The van der Waals surface area contributed by atoms with Crippen molar-refractivity contribution in [1.82, 2.24) is 4.57 Å². The van der Waals surface area contributed by atoms with Crippen molar-refractivity contribution in [2.45, 2.75) is 39.7 Å². The van der Waals surface area contributed by atoms with E-state index in [1.807, 2.05) is 30.3 Å². The highest BCUT2D eigenvalue weighted by molar-refractivity contribution is 7.07. The van der Waals surface area contributed by atoms with Crippen molar-refractivity contribution in [3.63, 3.8) is 0 Å². The van der Waals surface area contributed by atoms with Crippen LogP contribution >= 0.6 is 11.3 Å². The van der Waals surface area contributed by atoms with Crippen LogP contribution in [0.15, 0.2) is 76.2 Å². The summed E-state index contributed by atoms with van der Waals surface area (Å²) in [5.74, 6) is -0.204. The Morgan fingerprint density at radius 2 is 1.87 bits per heavy atom. The quantitative estimate of drug-likeness (QED) is 0.241. The van der Waals surface area contributed by atoms with E-state index in [9.17, 15) is 14.4 Å². The van der Waals surface area contributed by atoms with Gasteiger partial charge in [-0.15, -0.1) is 0 Å². The maximum Gasteiger partial charge on any atom is 0.338 e. The lowest BCUT2D eigenvalue weighted by atomic mass is 9.95. The van der Waals surface area contributed by atoms with Gasteiger partial charge in [0, 0.05) is 6.92 Å². The zero-order chi connectivity index (χ0) is 28.3. The largest absolute Gasteiger partial charge is 0.493 e. The lowest BCUT2D eigenvalue weighted by molar-refractivity contribution is -0.138. The minimum atomic E-state index is -0.843. The number of methoxy groups -OCH3 is 1. The topological polar surface area (TPSA) is 96.2 Å². The minimum absolute atomic E-state index is 0.00777. The van der Waals surface area contributed by atoms with Gasteiger partial charge in [0.2, 0.25) is 0 Å². The van der Waals surface area contributed by atoms with Crippen LogP contribution in [0.25, 0.3) is 6.08 Å². The third-order valence-electron chi connectivity index (χ3n) is 6.23. The Labute approximate surface area is 230 Å². The number of hydrogen-bond donors (Lipinski definition) is 0. The molecule has 0 bridgehead atoms. The van der Waals surface area contributed by atoms with Crippen molar-refractivity contribution in [3.05, 3.63) is 103 Å². The molecule has 1 aromatic heterocycles. The fourth-order valence-corrected chi connectivity index (χ4v) is 5.38. The Bertz CT molecular complexity index is 1640. The second kappa shape index (κ2) is 11.7. The molecule has 8 nitrogen and oxygen atoms in total. The maximum atomic E-state index is 13.8. The number of rotatable bonds is 8. The number of thiazole rings is 1. The van der Waals surface area contributed by atoms with Crippen LogP contribution in [0.1, 0.15) is 56.3 Å². The van der Waals surface area contributed by atoms with Crippen LogP contribution in [0.3, 0.4) is 0 Å². The summed E-state index contributed by atoms with van der Waals surface area (Å²) in [7, 11) is 1.45. The molecule has 1 atom stereocenters. The molecule has 0 fully saturated rings. The van der Waals surface area contributed by atoms with Crippen LogP contribution < -0.4 is 24.4 Å². The van der Waals surface area contributed by atoms with Gasteiger partial charge in [0.05, 0.1) is 29.0 Å². The first kappa shape index (κ1) is 27.8. The van der Waals surface area contributed by atoms with E-state index < -0.39 is 18.0 Å². The van der Waals surface area contributed by atoms with Gasteiger partial charge >= 0.3 is 11.9 Å². The molecule has 0 saturated carbocycles. The second-order valence-corrected chi connectivity index (χ2v) is 10.3. The molecule has 0 spiro atoms. The normalized spacial score (nSPS) is 15.0. The van der Waals surface area contributed by atoms with E-state index in [2.05, 4.69) is 25.4 Å². The Kier molecular flexibility index (Phi) is 8.30. The number of benzene rings is 2. The molecule has 1 aliphatic rings. The molecule has 3 aromatic rings. The molecule has 2 aromatic carbocycles. The zero-order valence-corrected chi connectivity index (χ0v) is 23.3. The first-order valence-electron chi connectivity index (χ1n) is 12.4. The molecule has 1 unspecified atom stereocenters. The molecule has 0 N–H and O–H groups in total. The van der Waals surface area contributed by atoms with E-state index in [0.29, 0.717) is 26.5 Å². The summed E-state index contributed by atoms with van der Waals surface area (Å²) in [5.41, 5.74) is 3.02. The third-order valence-corrected chi connectivity index (χ3v) is 7.21. The van der Waals surface area contributed by atoms with Crippen LogP contribution in [-0.4, -0.2) is 30.2 Å². The molecule has 0 saturated heterocycles. The van der Waals surface area contributed by atoms with Crippen LogP contribution in [0.5, 0.6) is 11.5 Å². The predicted molar refractivity (Wildman–Crippen MR) is 150 cm³/mol. The number of esters is 2. The highest BCUT2D eigenvalue weighted by Crippen LogP contribution is 2.36. The molecular formula is C30H30N2O6S. The first-order chi connectivity index (χ1) is 18.6. The molecule has 4 rings (SSSR count). The predicted octanol–water partition coefficient (Wildman–Crippen LogP) is 4.02. The molecule has 0 aliphatic carbocycles. The van der Waals surface area contributed by atoms with E-state index >= 15 is 0 Å². The summed E-state index contributed by atoms with van der Waals surface area (Å²) in [6.07, 6.45) is 3.30. The van der Waals surface area contributed by atoms with Gasteiger partial charge in [0.15, 0.2) is 16.3 Å². The van der Waals surface area contributed by atoms with E-state index in [0.717, 1.165) is 5.56 Å². The molecule has 1 aliphatic heterocycles. The summed E-state index contributed by atoms with van der Waals surface area (Å²) in [4.78, 5) is 43.7. The number of allylic oxidation sites excluding steroid dienone is 1. The number of ether oxygens (including phenoxy) is 3. The van der Waals surface area contributed by atoms with Crippen LogP contribution in [0.2, 0.25) is 0 Å². The Balaban J connectivity index is 1.91. The van der Waals surface area contributed by atoms with Crippen LogP contribution in [0.4, 0.5) is 0 Å². The minimum Gasteiger partial charge on any atom is -0.493 e. The molecule has 2 heterocycles. The van der Waals surface area contributed by atoms with Crippen LogP contribution in [-0.2, 0) is 14.3 Å². The van der Waals surface area contributed by atoms with Gasteiger partial charge in [0.25, 0.3) is 5.56 Å². The Morgan fingerprint density at radius 3 is 2.49 bits per heavy atom. The summed E-state index contributed by atoms with van der Waals surface area (Å²) >= 11 is 1.25. The fourth-order valence-electron chi connectivity index (χ4n) is 4.33. The van der Waals surface area contributed by atoms with Gasteiger partial charge in [-0.05, 0) is 47.7 Å². The summed E-state index contributed by atoms with van der Waals surface area (Å²) in [6.45, 7) is 10.9. The average Bonchev–Trinajstić information content (AvgIpc) is 3.20. The number of aromatic nitrogens is 1. The summed E-state index contributed by atoms with van der Waals surface area (Å²) in [5, 5.41) is 0. The average molecular weight is 547 g/mol. The second-order valence-electron chi connectivity index (χ2n) is 9.29. The lowest BCUT2D eigenvalue weighted by Crippen LogP contribution is -2.40. The molecule has 202 valence electrons. The SMILES string of the molecule is C=CCOC(=O)C1=C(C)N=c2sc(=Cc3ccc(C(C)C)cc3)c(=O)n2C1c1ccc(OC(C)=O)c(OC)c1. The van der Waals surface area contributed by atoms with Gasteiger partial charge in [-0.1, -0.05) is 68.2 Å². The van der Waals surface area contributed by atoms with Crippen molar-refractivity contribution in [1.29, 1.82) is 0 Å². The van der Waals surface area contributed by atoms with Crippen molar-refractivity contribution >= 4 is 29.4 Å². The first-order valence-corrected chi connectivity index (χ1v) is 13.2. The van der Waals surface area contributed by atoms with E-state index in [-0.39, 0.29) is 29.2 Å². The molecular weight excluding hydrogens is 516 g/mol. The van der Waals surface area contributed by atoms with E-state index in [1.165, 1.54) is 41.6 Å². The monoisotopic (exact) mass is 546 g/mol. The summed E-state index contributed by atoms with van der Waals surface area (Å²) < 4.78 is 18.1. The zero-order valence-electron chi connectivity index (χ0n) is 22.5. The number of nitrogens with zero attached hydrogens (tertiary/aromatic N) is 2. The van der Waals surface area contributed by atoms with E-state index in [1.54, 1.807) is 25.1 Å². The lowest BCUT2D eigenvalue weighted by Gasteiger charge is -2.25. The highest BCUT2D eigenvalue weighted by atomic mass is 32.1. The third kappa shape index (κ3) is 5.78. The fraction of sp³-hybridized carbons (Fsp3) is 0.267. The van der Waals surface area contributed by atoms with Gasteiger partial charge in [-0.3, -0.25) is 14.2 Å². The number of carbonyl (C=O) groups is 2. The molecule has 39 heavy (non-hydrogen) atoms. The van der Waals surface area contributed by atoms with Gasteiger partial charge in [0.1, 0.15) is 6.61 Å². The number of carbonyl (C=O) groups excluding carboxylic acids is 2. The number of fused-ring (bicyclic) bond motifs is 1. The molecule has 9 heteroatoms. The van der Waals surface area contributed by atoms with E-state index in [4.69, 9.17) is 14.2 Å². The molecule has 0 radical (unpaired) electrons. The van der Waals surface area contributed by atoms with Gasteiger partial charge in [-0.2, -0.15) is 0 Å². The van der Waals surface area contributed by atoms with Gasteiger partial charge in [-0.25, -0.2) is 9.79 Å². The standard InChI is InChI=1S/C30H30N2O6S/c1-7-14-37-29(35)26-18(4)31-30-32(27(26)22-12-13-23(38-19(5)33)24(16-22)36-6)28(34)25(39-30)15-20-8-10-21(11-9-20)17(2)3/h7-13,15-17,27H,1,14H2,2-6H3. The van der Waals surface area contributed by atoms with Crippen molar-refractivity contribution in [2.75, 3.05) is 13.7 Å². The van der Waals surface area contributed by atoms with Crippen LogP contribution in [0, 0.1) is 0 Å². The van der Waals surface area contributed by atoms with Crippen molar-refractivity contribution in [3.8, 4) is 11.5 Å². The molecule has 0 amide bonds. The van der Waals surface area contributed by atoms with Gasteiger partial charge < -0.3 is 14.2 Å². The smallest absolute Gasteiger partial charge is 0.338 e. The number of hydrogen-bond acceptors (Lipinski definition) is 8. The highest BCUT2D eigenvalue weighted by Gasteiger charge is 2.34. The van der Waals surface area contributed by atoms with Crippen molar-refractivity contribution < 1.29 is 23.8 Å². The Hall–Kier alpha value is -4.24. The summed E-state index contributed by atoms with van der Waals surface area (Å²) in [6, 6.07) is 12.1. The maximum absolute atomic E-state index is 13.8.